The van der Waals surface area contributed by atoms with Crippen LogP contribution in [0.3, 0.4) is 0 Å². The summed E-state index contributed by atoms with van der Waals surface area (Å²) < 4.78 is 39.1. The molecule has 4 rings (SSSR count). The van der Waals surface area contributed by atoms with E-state index in [4.69, 9.17) is 14.1 Å². The first-order valence-corrected chi connectivity index (χ1v) is 15.3. The van der Waals surface area contributed by atoms with Crippen molar-refractivity contribution in [3.8, 4) is 21.3 Å². The van der Waals surface area contributed by atoms with Crippen LogP contribution in [-0.2, 0) is 32.4 Å². The molecule has 0 aliphatic heterocycles. The van der Waals surface area contributed by atoms with Crippen LogP contribution < -0.4 is 4.72 Å². The van der Waals surface area contributed by atoms with E-state index in [9.17, 15) is 13.2 Å². The molecule has 0 radical (unpaired) electrons. The van der Waals surface area contributed by atoms with Crippen LogP contribution in [0.2, 0.25) is 0 Å². The van der Waals surface area contributed by atoms with Crippen molar-refractivity contribution in [1.29, 1.82) is 0 Å². The molecule has 2 aromatic heterocycles. The Hall–Kier alpha value is -2.63. The number of carbonyl (C=O) groups is 1. The molecule has 38 heavy (non-hydrogen) atoms. The van der Waals surface area contributed by atoms with Crippen LogP contribution >= 0.6 is 11.3 Å². The summed E-state index contributed by atoms with van der Waals surface area (Å²) in [6.45, 7) is 9.49. The van der Waals surface area contributed by atoms with Gasteiger partial charge in [0.1, 0.15) is 5.60 Å². The number of thiazole rings is 1. The second-order valence-electron chi connectivity index (χ2n) is 10.9. The topological polar surface area (TPSA) is 124 Å². The van der Waals surface area contributed by atoms with Gasteiger partial charge in [-0.05, 0) is 70.2 Å². The normalized spacial score (nSPS) is 15.2. The summed E-state index contributed by atoms with van der Waals surface area (Å²) in [4.78, 5) is 17.0. The minimum Gasteiger partial charge on any atom is -0.461 e. The lowest BCUT2D eigenvalue weighted by molar-refractivity contribution is -0.140. The molecule has 0 saturated heterocycles. The van der Waals surface area contributed by atoms with Crippen molar-refractivity contribution in [2.24, 2.45) is 5.92 Å². The predicted octanol–water partition coefficient (Wildman–Crippen LogP) is 5.47. The molecule has 0 spiro atoms. The molecule has 2 heterocycles. The van der Waals surface area contributed by atoms with Gasteiger partial charge in [0.2, 0.25) is 15.9 Å². The molecule has 9 nitrogen and oxygen atoms in total. The molecule has 1 saturated carbocycles. The number of rotatable bonds is 11. The lowest BCUT2D eigenvalue weighted by atomic mass is 9.85. The summed E-state index contributed by atoms with van der Waals surface area (Å²) in [6, 6.07) is 5.03. The first-order chi connectivity index (χ1) is 18.0. The highest BCUT2D eigenvalue weighted by molar-refractivity contribution is 7.89. The van der Waals surface area contributed by atoms with Crippen molar-refractivity contribution in [3.63, 3.8) is 0 Å². The molecular weight excluding hydrogens is 524 g/mol. The predicted molar refractivity (Wildman–Crippen MR) is 146 cm³/mol. The SMILES string of the molecule is Cc1cc(S(=O)(=O)NC(C)C)ccc1-c1sc(-c2nnc(CC(C)(C)OC=O)o2)nc1CC1CCCCC1. The maximum atomic E-state index is 12.7. The van der Waals surface area contributed by atoms with Crippen LogP contribution in [0, 0.1) is 12.8 Å². The Balaban J connectivity index is 1.69. The number of sulfonamides is 1. The molecule has 1 aliphatic rings. The van der Waals surface area contributed by atoms with Crippen molar-refractivity contribution in [1.82, 2.24) is 19.9 Å². The Morgan fingerprint density at radius 1 is 1.21 bits per heavy atom. The van der Waals surface area contributed by atoms with Crippen LogP contribution in [-0.4, -0.2) is 41.7 Å². The van der Waals surface area contributed by atoms with E-state index in [2.05, 4.69) is 14.9 Å². The third-order valence-corrected chi connectivity index (χ3v) is 9.42. The second kappa shape index (κ2) is 11.6. The molecule has 1 N–H and O–H groups in total. The fraction of sp³-hybridized carbons (Fsp3) is 0.556. The highest BCUT2D eigenvalue weighted by atomic mass is 32.2. The van der Waals surface area contributed by atoms with Crippen LogP contribution in [0.5, 0.6) is 0 Å². The van der Waals surface area contributed by atoms with Crippen LogP contribution in [0.15, 0.2) is 27.5 Å². The van der Waals surface area contributed by atoms with E-state index in [-0.39, 0.29) is 17.4 Å². The van der Waals surface area contributed by atoms with Gasteiger partial charge in [0.15, 0.2) is 5.01 Å². The first kappa shape index (κ1) is 28.4. The average Bonchev–Trinajstić information content (AvgIpc) is 3.45. The molecule has 0 atom stereocenters. The monoisotopic (exact) mass is 560 g/mol. The summed E-state index contributed by atoms with van der Waals surface area (Å²) in [5.74, 6) is 1.24. The van der Waals surface area contributed by atoms with Gasteiger partial charge in [-0.15, -0.1) is 21.5 Å². The Morgan fingerprint density at radius 2 is 1.95 bits per heavy atom. The quantitative estimate of drug-likeness (QED) is 0.306. The number of hydrogen-bond acceptors (Lipinski definition) is 9. The molecule has 1 aromatic carbocycles. The number of benzene rings is 1. The fourth-order valence-corrected chi connectivity index (χ4v) is 7.28. The third-order valence-electron chi connectivity index (χ3n) is 6.64. The number of nitrogens with zero attached hydrogens (tertiary/aromatic N) is 3. The van der Waals surface area contributed by atoms with Crippen molar-refractivity contribution in [2.75, 3.05) is 0 Å². The zero-order chi connectivity index (χ0) is 27.5. The minimum absolute atomic E-state index is 0.194. The van der Waals surface area contributed by atoms with Crippen molar-refractivity contribution in [3.05, 3.63) is 35.3 Å². The Morgan fingerprint density at radius 3 is 2.61 bits per heavy atom. The summed E-state index contributed by atoms with van der Waals surface area (Å²) >= 11 is 1.47. The lowest BCUT2D eigenvalue weighted by Crippen LogP contribution is -2.30. The number of aryl methyl sites for hydroxylation is 1. The highest BCUT2D eigenvalue weighted by Crippen LogP contribution is 2.40. The zero-order valence-electron chi connectivity index (χ0n) is 22.6. The maximum absolute atomic E-state index is 12.7. The molecule has 206 valence electrons. The third kappa shape index (κ3) is 6.86. The second-order valence-corrected chi connectivity index (χ2v) is 13.6. The van der Waals surface area contributed by atoms with Gasteiger partial charge < -0.3 is 9.15 Å². The van der Waals surface area contributed by atoms with E-state index in [0.717, 1.165) is 28.1 Å². The maximum Gasteiger partial charge on any atom is 0.293 e. The molecule has 3 aromatic rings. The summed E-state index contributed by atoms with van der Waals surface area (Å²) in [7, 11) is -3.60. The van der Waals surface area contributed by atoms with Crippen molar-refractivity contribution < 1.29 is 22.4 Å². The Labute approximate surface area is 228 Å². The number of aromatic nitrogens is 3. The number of ether oxygens (including phenoxy) is 1. The van der Waals surface area contributed by atoms with E-state index in [1.165, 1.54) is 43.4 Å². The van der Waals surface area contributed by atoms with Crippen molar-refractivity contribution in [2.45, 2.75) is 96.1 Å². The van der Waals surface area contributed by atoms with Gasteiger partial charge in [-0.2, -0.15) is 0 Å². The van der Waals surface area contributed by atoms with E-state index >= 15 is 0 Å². The Bertz CT molecular complexity index is 1370. The number of hydrogen-bond donors (Lipinski definition) is 1. The van der Waals surface area contributed by atoms with Gasteiger partial charge in [-0.25, -0.2) is 18.1 Å². The number of nitrogens with one attached hydrogen (secondary N) is 1. The first-order valence-electron chi connectivity index (χ1n) is 13.0. The van der Waals surface area contributed by atoms with Crippen LogP contribution in [0.25, 0.3) is 21.3 Å². The summed E-state index contributed by atoms with van der Waals surface area (Å²) in [5, 5.41) is 8.99. The molecular formula is C27H36N4O5S2. The average molecular weight is 561 g/mol. The van der Waals surface area contributed by atoms with Gasteiger partial charge in [0.05, 0.1) is 21.9 Å². The highest BCUT2D eigenvalue weighted by Gasteiger charge is 2.27. The molecule has 1 fully saturated rings. The Kier molecular flexibility index (Phi) is 8.68. The number of carbonyl (C=O) groups excluding carboxylic acids is 1. The smallest absolute Gasteiger partial charge is 0.293 e. The molecule has 11 heteroatoms. The van der Waals surface area contributed by atoms with Gasteiger partial charge in [0, 0.05) is 6.04 Å². The van der Waals surface area contributed by atoms with Gasteiger partial charge >= 0.3 is 0 Å². The van der Waals surface area contributed by atoms with Crippen LogP contribution in [0.4, 0.5) is 0 Å². The van der Waals surface area contributed by atoms with Crippen molar-refractivity contribution >= 4 is 27.8 Å². The standard InChI is InChI=1S/C27H36N4O5S2/c1-17(2)31-38(33,34)20-11-12-21(18(3)13-20)24-22(14-19-9-7-6-8-10-19)28-26(37-24)25-30-29-23(36-25)15-27(4,5)35-16-32/h11-13,16-17,19,31H,6-10,14-15H2,1-5H3. The van der Waals surface area contributed by atoms with E-state index in [1.807, 2.05) is 13.0 Å². The van der Waals surface area contributed by atoms with Crippen LogP contribution in [0.1, 0.15) is 76.9 Å². The minimum atomic E-state index is -3.60. The van der Waals surface area contributed by atoms with E-state index in [1.54, 1.807) is 39.8 Å². The van der Waals surface area contributed by atoms with Gasteiger partial charge in [-0.3, -0.25) is 4.79 Å². The zero-order valence-corrected chi connectivity index (χ0v) is 24.2. The molecule has 0 unspecified atom stereocenters. The van der Waals surface area contributed by atoms with Gasteiger partial charge in [0.25, 0.3) is 12.4 Å². The molecule has 0 bridgehead atoms. The molecule has 1 aliphatic carbocycles. The lowest BCUT2D eigenvalue weighted by Gasteiger charge is -2.21. The van der Waals surface area contributed by atoms with E-state index < -0.39 is 15.6 Å². The van der Waals surface area contributed by atoms with E-state index in [0.29, 0.717) is 29.2 Å². The fourth-order valence-electron chi connectivity index (χ4n) is 4.84. The summed E-state index contributed by atoms with van der Waals surface area (Å²) in [6.07, 6.45) is 7.24. The van der Waals surface area contributed by atoms with Gasteiger partial charge in [-0.1, -0.05) is 38.2 Å². The summed E-state index contributed by atoms with van der Waals surface area (Å²) in [5.41, 5.74) is 2.01. The molecule has 0 amide bonds. The largest absolute Gasteiger partial charge is 0.461 e.